The third-order valence-corrected chi connectivity index (χ3v) is 4.79. The fourth-order valence-corrected chi connectivity index (χ4v) is 3.29. The van der Waals surface area contributed by atoms with Gasteiger partial charge in [0.2, 0.25) is 0 Å². The number of rotatable bonds is 6. The molecule has 0 aliphatic carbocycles. The van der Waals surface area contributed by atoms with Gasteiger partial charge in [0, 0.05) is 18.3 Å². The van der Waals surface area contributed by atoms with Crippen LogP contribution in [0.3, 0.4) is 0 Å². The monoisotopic (exact) mass is 422 g/mol. The molecule has 1 atom stereocenters. The molecule has 9 nitrogen and oxygen atoms in total. The van der Waals surface area contributed by atoms with Crippen molar-refractivity contribution in [3.05, 3.63) is 82.7 Å². The van der Waals surface area contributed by atoms with Crippen LogP contribution < -0.4 is 11.1 Å². The van der Waals surface area contributed by atoms with E-state index in [1.54, 1.807) is 47.4 Å². The Labute approximate surface area is 178 Å². The quantitative estimate of drug-likeness (QED) is 0.364. The normalized spacial score (nSPS) is 15.5. The number of carbonyl (C=O) groups excluding carboxylic acids is 3. The van der Waals surface area contributed by atoms with Gasteiger partial charge < -0.3 is 25.4 Å². The number of nitrogens with one attached hydrogen (secondary N) is 2. The summed E-state index contributed by atoms with van der Waals surface area (Å²) >= 11 is 0. The first-order valence-electron chi connectivity index (χ1n) is 9.32. The molecule has 4 N–H and O–H groups in total. The minimum Gasteiger partial charge on any atom is -0.465 e. The molecule has 1 aliphatic rings. The van der Waals surface area contributed by atoms with E-state index in [9.17, 15) is 14.4 Å². The Hall–Kier alpha value is -4.14. The zero-order valence-electron chi connectivity index (χ0n) is 17.0. The highest BCUT2D eigenvalue weighted by molar-refractivity contribution is 5.97. The van der Waals surface area contributed by atoms with E-state index in [1.807, 2.05) is 6.07 Å². The van der Waals surface area contributed by atoms with Gasteiger partial charge in [0.1, 0.15) is 17.6 Å². The Balaban J connectivity index is 1.99. The topological polar surface area (TPSA) is 135 Å². The lowest BCUT2D eigenvalue weighted by atomic mass is 10.00. The first-order chi connectivity index (χ1) is 14.8. The van der Waals surface area contributed by atoms with E-state index in [0.29, 0.717) is 16.7 Å². The molecule has 2 aromatic rings. The second-order valence-corrected chi connectivity index (χ2v) is 6.83. The Morgan fingerprint density at radius 1 is 1.06 bits per heavy atom. The molecule has 0 spiro atoms. The number of ether oxygens (including phenoxy) is 2. The number of nitrogen functional groups attached to an aromatic ring is 1. The number of amides is 1. The zero-order valence-corrected chi connectivity index (χ0v) is 17.0. The van der Waals surface area contributed by atoms with Gasteiger partial charge in [-0.2, -0.15) is 0 Å². The first-order valence-corrected chi connectivity index (χ1v) is 9.32. The number of methoxy groups -OCH3 is 2. The number of nitrogens with zero attached hydrogens (tertiary/aromatic N) is 1. The summed E-state index contributed by atoms with van der Waals surface area (Å²) in [5.74, 6) is -1.64. The molecule has 1 heterocycles. The van der Waals surface area contributed by atoms with E-state index in [4.69, 9.17) is 20.6 Å². The molecule has 0 aromatic heterocycles. The lowest BCUT2D eigenvalue weighted by Gasteiger charge is -2.34. The van der Waals surface area contributed by atoms with Gasteiger partial charge in [-0.3, -0.25) is 10.2 Å². The van der Waals surface area contributed by atoms with Crippen LogP contribution in [0.1, 0.15) is 33.1 Å². The molecule has 1 aliphatic heterocycles. The largest absolute Gasteiger partial charge is 0.465 e. The highest BCUT2D eigenvalue weighted by Gasteiger charge is 2.33. The number of esters is 2. The maximum Gasteiger partial charge on any atom is 0.356 e. The summed E-state index contributed by atoms with van der Waals surface area (Å²) in [5, 5.41) is 10.2. The molecule has 0 saturated carbocycles. The molecule has 1 amide bonds. The number of amidine groups is 1. The molecule has 3 rings (SSSR count). The van der Waals surface area contributed by atoms with Crippen LogP contribution in [0.15, 0.2) is 60.4 Å². The van der Waals surface area contributed by atoms with Gasteiger partial charge in [0.25, 0.3) is 5.91 Å². The second-order valence-electron chi connectivity index (χ2n) is 6.83. The predicted molar refractivity (Wildman–Crippen MR) is 112 cm³/mol. The SMILES string of the molecule is COC(=O)C1=CN(Cc2cccc(C(=N)N)c2)C(c2ccc(C(=O)OC)cc2)C(=O)N1. The van der Waals surface area contributed by atoms with Crippen molar-refractivity contribution in [1.29, 1.82) is 5.41 Å². The van der Waals surface area contributed by atoms with Crippen molar-refractivity contribution in [2.75, 3.05) is 14.2 Å². The van der Waals surface area contributed by atoms with Gasteiger partial charge in [0.05, 0.1) is 19.8 Å². The van der Waals surface area contributed by atoms with Gasteiger partial charge in [-0.1, -0.05) is 30.3 Å². The van der Waals surface area contributed by atoms with E-state index in [0.717, 1.165) is 5.56 Å². The van der Waals surface area contributed by atoms with Crippen LogP contribution >= 0.6 is 0 Å². The van der Waals surface area contributed by atoms with E-state index < -0.39 is 23.9 Å². The molecular weight excluding hydrogens is 400 g/mol. The van der Waals surface area contributed by atoms with E-state index in [-0.39, 0.29) is 18.1 Å². The van der Waals surface area contributed by atoms with Crippen molar-refractivity contribution in [1.82, 2.24) is 10.2 Å². The summed E-state index contributed by atoms with van der Waals surface area (Å²) in [4.78, 5) is 38.4. The van der Waals surface area contributed by atoms with Crippen LogP contribution in [0.2, 0.25) is 0 Å². The second kappa shape index (κ2) is 9.12. The molecule has 1 unspecified atom stereocenters. The summed E-state index contributed by atoms with van der Waals surface area (Å²) in [5.41, 5.74) is 7.91. The molecule has 9 heteroatoms. The molecule has 160 valence electrons. The van der Waals surface area contributed by atoms with E-state index in [1.165, 1.54) is 20.4 Å². The van der Waals surface area contributed by atoms with Gasteiger partial charge >= 0.3 is 11.9 Å². The number of carbonyl (C=O) groups is 3. The van der Waals surface area contributed by atoms with Crippen LogP contribution in [-0.2, 0) is 25.6 Å². The van der Waals surface area contributed by atoms with Crippen molar-refractivity contribution >= 4 is 23.7 Å². The summed E-state index contributed by atoms with van der Waals surface area (Å²) in [6, 6.07) is 12.8. The average molecular weight is 422 g/mol. The summed E-state index contributed by atoms with van der Waals surface area (Å²) < 4.78 is 9.45. The standard InChI is InChI=1S/C22H22N4O5/c1-30-21(28)15-8-6-14(7-9-15)18-20(27)25-17(22(29)31-2)12-26(18)11-13-4-3-5-16(10-13)19(23)24/h3-10,12,18H,11H2,1-2H3,(H3,23,24)(H,25,27). The Bertz CT molecular complexity index is 1060. The first kappa shape index (κ1) is 21.6. The predicted octanol–water partition coefficient (Wildman–Crippen LogP) is 1.44. The van der Waals surface area contributed by atoms with E-state index in [2.05, 4.69) is 5.32 Å². The van der Waals surface area contributed by atoms with E-state index >= 15 is 0 Å². The van der Waals surface area contributed by atoms with Gasteiger partial charge in [-0.05, 0) is 29.3 Å². The van der Waals surface area contributed by atoms with Crippen LogP contribution in [-0.4, -0.2) is 42.8 Å². The molecule has 0 bridgehead atoms. The summed E-state index contributed by atoms with van der Waals surface area (Å²) in [6.07, 6.45) is 1.52. The van der Waals surface area contributed by atoms with Crippen LogP contribution in [0, 0.1) is 5.41 Å². The number of hydrogen-bond acceptors (Lipinski definition) is 7. The zero-order chi connectivity index (χ0) is 22.5. The molecule has 2 aromatic carbocycles. The fourth-order valence-electron chi connectivity index (χ4n) is 3.29. The average Bonchev–Trinajstić information content (AvgIpc) is 2.78. The lowest BCUT2D eigenvalue weighted by molar-refractivity contribution is -0.139. The van der Waals surface area contributed by atoms with Crippen LogP contribution in [0.25, 0.3) is 0 Å². The molecule has 0 saturated heterocycles. The maximum atomic E-state index is 12.9. The van der Waals surface area contributed by atoms with Crippen molar-refractivity contribution in [3.8, 4) is 0 Å². The molecule has 31 heavy (non-hydrogen) atoms. The fraction of sp³-hybridized carbons (Fsp3) is 0.182. The minimum absolute atomic E-state index is 0.0117. The van der Waals surface area contributed by atoms with Gasteiger partial charge in [0.15, 0.2) is 0 Å². The highest BCUT2D eigenvalue weighted by atomic mass is 16.5. The van der Waals surface area contributed by atoms with Crippen molar-refractivity contribution in [2.24, 2.45) is 5.73 Å². The minimum atomic E-state index is -0.763. The third-order valence-electron chi connectivity index (χ3n) is 4.79. The molecule has 0 radical (unpaired) electrons. The molecule has 0 fully saturated rings. The number of benzene rings is 2. The van der Waals surface area contributed by atoms with Gasteiger partial charge in [-0.15, -0.1) is 0 Å². The highest BCUT2D eigenvalue weighted by Crippen LogP contribution is 2.28. The Morgan fingerprint density at radius 3 is 2.35 bits per heavy atom. The summed E-state index contributed by atoms with van der Waals surface area (Å²) in [7, 11) is 2.52. The number of hydrogen-bond donors (Lipinski definition) is 3. The van der Waals surface area contributed by atoms with Crippen molar-refractivity contribution in [2.45, 2.75) is 12.6 Å². The third kappa shape index (κ3) is 4.72. The van der Waals surface area contributed by atoms with Crippen molar-refractivity contribution in [3.63, 3.8) is 0 Å². The van der Waals surface area contributed by atoms with Crippen LogP contribution in [0.5, 0.6) is 0 Å². The van der Waals surface area contributed by atoms with Crippen LogP contribution in [0.4, 0.5) is 0 Å². The smallest absolute Gasteiger partial charge is 0.356 e. The maximum absolute atomic E-state index is 12.9. The lowest BCUT2D eigenvalue weighted by Crippen LogP contribution is -2.44. The Morgan fingerprint density at radius 2 is 1.74 bits per heavy atom. The summed E-state index contributed by atoms with van der Waals surface area (Å²) in [6.45, 7) is 0.262. The number of nitrogens with two attached hydrogens (primary N) is 1. The Kier molecular flexibility index (Phi) is 6.35. The van der Waals surface area contributed by atoms with Crippen molar-refractivity contribution < 1.29 is 23.9 Å². The van der Waals surface area contributed by atoms with Gasteiger partial charge in [-0.25, -0.2) is 9.59 Å². The molecular formula is C22H22N4O5.